The first-order valence-corrected chi connectivity index (χ1v) is 14.2. The molecule has 1 fully saturated rings. The zero-order valence-electron chi connectivity index (χ0n) is 20.4. The van der Waals surface area contributed by atoms with Crippen LogP contribution in [-0.4, -0.2) is 33.7 Å². The third-order valence-corrected chi connectivity index (χ3v) is 8.36. The molecule has 0 aliphatic carbocycles. The van der Waals surface area contributed by atoms with E-state index in [9.17, 15) is 9.18 Å². The van der Waals surface area contributed by atoms with Crippen molar-refractivity contribution >= 4 is 40.1 Å². The molecule has 0 bridgehead atoms. The maximum absolute atomic E-state index is 14.3. The second kappa shape index (κ2) is 10.8. The van der Waals surface area contributed by atoms with Gasteiger partial charge in [-0.25, -0.2) is 9.37 Å². The number of para-hydroxylation sites is 1. The lowest BCUT2D eigenvalue weighted by Gasteiger charge is -2.35. The predicted octanol–water partition coefficient (Wildman–Crippen LogP) is 7.13. The maximum Gasteiger partial charge on any atom is 0.247 e. The van der Waals surface area contributed by atoms with Gasteiger partial charge in [-0.15, -0.1) is 32.9 Å². The fourth-order valence-electron chi connectivity index (χ4n) is 4.70. The molecule has 0 radical (unpaired) electrons. The van der Waals surface area contributed by atoms with Crippen LogP contribution in [0.3, 0.4) is 0 Å². The Labute approximate surface area is 227 Å². The third kappa shape index (κ3) is 4.94. The molecule has 3 aromatic heterocycles. The molecule has 6 nitrogen and oxygen atoms in total. The molecule has 190 valence electrons. The number of benzene rings is 2. The number of thiazole rings is 1. The summed E-state index contributed by atoms with van der Waals surface area (Å²) in [7, 11) is 0. The number of halogens is 1. The summed E-state index contributed by atoms with van der Waals surface area (Å²) in [6.07, 6.45) is 2.69. The summed E-state index contributed by atoms with van der Waals surface area (Å²) < 4.78 is 14.3. The number of anilines is 2. The van der Waals surface area contributed by atoms with Crippen LogP contribution in [0.2, 0.25) is 0 Å². The monoisotopic (exact) mass is 541 g/mol. The normalized spacial score (nSPS) is 15.4. The number of carbonyl (C=O) groups excluding carboxylic acids is 1. The van der Waals surface area contributed by atoms with Gasteiger partial charge in [0.05, 0.1) is 16.3 Å². The lowest BCUT2D eigenvalue weighted by molar-refractivity contribution is -0.117. The van der Waals surface area contributed by atoms with Crippen LogP contribution in [0.15, 0.2) is 83.6 Å². The van der Waals surface area contributed by atoms with Crippen molar-refractivity contribution in [1.82, 2.24) is 15.2 Å². The second-order valence-corrected chi connectivity index (χ2v) is 10.8. The number of nitrogens with zero attached hydrogens (tertiary/aromatic N) is 4. The van der Waals surface area contributed by atoms with E-state index in [-0.39, 0.29) is 17.8 Å². The minimum atomic E-state index is -0.358. The van der Waals surface area contributed by atoms with Crippen molar-refractivity contribution in [2.24, 2.45) is 0 Å². The second-order valence-electron chi connectivity index (χ2n) is 9.01. The summed E-state index contributed by atoms with van der Waals surface area (Å²) in [4.78, 5) is 21.4. The SMILES string of the molecule is O=C(Nc1ccccc1-c1csc(-c2ccccc2F)n1)C1CCCCN1c1ccc(-c2cccs2)nn1. The highest BCUT2D eigenvalue weighted by Gasteiger charge is 2.30. The highest BCUT2D eigenvalue weighted by Crippen LogP contribution is 2.34. The van der Waals surface area contributed by atoms with Crippen molar-refractivity contribution < 1.29 is 9.18 Å². The molecule has 4 heterocycles. The van der Waals surface area contributed by atoms with Crippen LogP contribution in [-0.2, 0) is 4.79 Å². The molecule has 1 aliphatic rings. The number of nitrogens with one attached hydrogen (secondary N) is 1. The van der Waals surface area contributed by atoms with Crippen LogP contribution in [0, 0.1) is 5.82 Å². The summed E-state index contributed by atoms with van der Waals surface area (Å²) in [5.74, 6) is 0.303. The molecule has 1 atom stereocenters. The Bertz CT molecular complexity index is 1550. The molecule has 1 unspecified atom stereocenters. The number of piperidine rings is 1. The van der Waals surface area contributed by atoms with Gasteiger partial charge in [-0.05, 0) is 61.0 Å². The average Bonchev–Trinajstić information content (AvgIpc) is 3.67. The first-order valence-electron chi connectivity index (χ1n) is 12.4. The third-order valence-electron chi connectivity index (χ3n) is 6.59. The molecular formula is C29H24FN5OS2. The lowest BCUT2D eigenvalue weighted by atomic mass is 10.0. The molecule has 0 spiro atoms. The van der Waals surface area contributed by atoms with Gasteiger partial charge < -0.3 is 10.2 Å². The minimum absolute atomic E-state index is 0.0918. The van der Waals surface area contributed by atoms with Gasteiger partial charge in [0.2, 0.25) is 5.91 Å². The average molecular weight is 542 g/mol. The topological polar surface area (TPSA) is 71.0 Å². The number of aromatic nitrogens is 3. The Morgan fingerprint density at radius 2 is 1.74 bits per heavy atom. The van der Waals surface area contributed by atoms with Gasteiger partial charge in [-0.2, -0.15) is 0 Å². The number of thiophene rings is 1. The first kappa shape index (κ1) is 24.4. The Kier molecular flexibility index (Phi) is 6.94. The summed E-state index contributed by atoms with van der Waals surface area (Å²) in [5.41, 5.74) is 3.46. The summed E-state index contributed by atoms with van der Waals surface area (Å²) in [6.45, 7) is 0.741. The van der Waals surface area contributed by atoms with Gasteiger partial charge >= 0.3 is 0 Å². The van der Waals surface area contributed by atoms with Crippen molar-refractivity contribution in [2.75, 3.05) is 16.8 Å². The van der Waals surface area contributed by atoms with Gasteiger partial charge in [-0.3, -0.25) is 4.79 Å². The summed E-state index contributed by atoms with van der Waals surface area (Å²) >= 11 is 3.00. The number of rotatable bonds is 6. The van der Waals surface area contributed by atoms with Gasteiger partial charge in [0, 0.05) is 23.1 Å². The zero-order chi connectivity index (χ0) is 25.9. The molecule has 1 N–H and O–H groups in total. The quantitative estimate of drug-likeness (QED) is 0.248. The molecule has 0 saturated carbocycles. The summed E-state index contributed by atoms with van der Waals surface area (Å²) in [6, 6.07) is 21.8. The van der Waals surface area contributed by atoms with Crippen molar-refractivity contribution in [3.8, 4) is 32.4 Å². The van der Waals surface area contributed by atoms with E-state index >= 15 is 0 Å². The maximum atomic E-state index is 14.3. The van der Waals surface area contributed by atoms with Crippen LogP contribution < -0.4 is 10.2 Å². The van der Waals surface area contributed by atoms with E-state index in [0.717, 1.165) is 41.9 Å². The van der Waals surface area contributed by atoms with Gasteiger partial charge in [0.15, 0.2) is 5.82 Å². The van der Waals surface area contributed by atoms with Crippen LogP contribution in [0.1, 0.15) is 19.3 Å². The van der Waals surface area contributed by atoms with Gasteiger partial charge in [0.1, 0.15) is 22.6 Å². The van der Waals surface area contributed by atoms with Crippen LogP contribution in [0.5, 0.6) is 0 Å². The standard InChI is InChI=1S/C29H24FN5OS2/c30-21-10-3-1-8-19(21)29-32-24(18-38-29)20-9-2-4-11-22(20)31-28(36)25-12-5-6-16-35(25)27-15-14-23(33-34-27)26-13-7-17-37-26/h1-4,7-11,13-15,17-18,25H,5-6,12,16H2,(H,31,36). The number of hydrogen-bond acceptors (Lipinski definition) is 7. The minimum Gasteiger partial charge on any atom is -0.343 e. The Morgan fingerprint density at radius 3 is 2.53 bits per heavy atom. The number of amides is 1. The largest absolute Gasteiger partial charge is 0.343 e. The number of carbonyl (C=O) groups is 1. The van der Waals surface area contributed by atoms with Crippen molar-refractivity contribution in [3.63, 3.8) is 0 Å². The van der Waals surface area contributed by atoms with Gasteiger partial charge in [0.25, 0.3) is 0 Å². The Balaban J connectivity index is 1.23. The number of hydrogen-bond donors (Lipinski definition) is 1. The first-order chi connectivity index (χ1) is 18.7. The van der Waals surface area contributed by atoms with Crippen LogP contribution >= 0.6 is 22.7 Å². The summed E-state index contributed by atoms with van der Waals surface area (Å²) in [5, 5.41) is 16.5. The molecule has 6 rings (SSSR count). The van der Waals surface area contributed by atoms with E-state index in [4.69, 9.17) is 0 Å². The Morgan fingerprint density at radius 1 is 0.895 bits per heavy atom. The van der Waals surface area contributed by atoms with Crippen LogP contribution in [0.25, 0.3) is 32.4 Å². The van der Waals surface area contributed by atoms with Crippen molar-refractivity contribution in [3.05, 3.63) is 89.4 Å². The van der Waals surface area contributed by atoms with Gasteiger partial charge in [-0.1, -0.05) is 36.4 Å². The zero-order valence-corrected chi connectivity index (χ0v) is 22.0. The molecule has 5 aromatic rings. The van der Waals surface area contributed by atoms with E-state index in [1.54, 1.807) is 29.5 Å². The molecule has 1 aliphatic heterocycles. The van der Waals surface area contributed by atoms with Crippen LogP contribution in [0.4, 0.5) is 15.9 Å². The van der Waals surface area contributed by atoms with Crippen molar-refractivity contribution in [1.29, 1.82) is 0 Å². The molecule has 38 heavy (non-hydrogen) atoms. The van der Waals surface area contributed by atoms with E-state index in [2.05, 4.69) is 20.5 Å². The molecule has 9 heteroatoms. The molecule has 1 amide bonds. The van der Waals surface area contributed by atoms with E-state index in [1.165, 1.54) is 17.4 Å². The highest BCUT2D eigenvalue weighted by molar-refractivity contribution is 7.13. The predicted molar refractivity (Wildman–Crippen MR) is 152 cm³/mol. The fourth-order valence-corrected chi connectivity index (χ4v) is 6.24. The van der Waals surface area contributed by atoms with E-state index in [0.29, 0.717) is 27.8 Å². The van der Waals surface area contributed by atoms with E-state index in [1.807, 2.05) is 64.2 Å². The van der Waals surface area contributed by atoms with E-state index < -0.39 is 0 Å². The fraction of sp³-hybridized carbons (Fsp3) is 0.172. The molecule has 2 aromatic carbocycles. The Hall–Kier alpha value is -3.95. The van der Waals surface area contributed by atoms with Crippen molar-refractivity contribution in [2.45, 2.75) is 25.3 Å². The smallest absolute Gasteiger partial charge is 0.247 e. The lowest BCUT2D eigenvalue weighted by Crippen LogP contribution is -2.47. The molecule has 1 saturated heterocycles. The molecular weight excluding hydrogens is 517 g/mol. The highest BCUT2D eigenvalue weighted by atomic mass is 32.1.